The number of rotatable bonds is 2. The summed E-state index contributed by atoms with van der Waals surface area (Å²) in [6.45, 7) is 0. The molecule has 0 aliphatic rings. The molecule has 1 aromatic rings. The Morgan fingerprint density at radius 1 is 1.64 bits per heavy atom. The lowest BCUT2D eigenvalue weighted by atomic mass is 10.3. The molecule has 0 aliphatic heterocycles. The molecule has 11 heavy (non-hydrogen) atoms. The summed E-state index contributed by atoms with van der Waals surface area (Å²) < 4.78 is 25.0. The number of halogens is 2. The molecule has 3 nitrogen and oxygen atoms in total. The van der Waals surface area contributed by atoms with Gasteiger partial charge in [-0.05, 0) is 6.07 Å². The van der Waals surface area contributed by atoms with Crippen molar-refractivity contribution >= 4 is 0 Å². The minimum Gasteiger partial charge on any atom is -0.381 e. The molecular weight excluding hydrogens is 154 g/mol. The Labute approximate surface area is 62.3 Å². The minimum absolute atomic E-state index is 0.125. The summed E-state index contributed by atoms with van der Waals surface area (Å²) in [6.07, 6.45) is -3.13. The van der Waals surface area contributed by atoms with Gasteiger partial charge in [0.05, 0.1) is 5.69 Å². The molecule has 1 unspecified atom stereocenters. The first kappa shape index (κ1) is 8.13. The molecule has 0 radical (unpaired) electrons. The largest absolute Gasteiger partial charge is 0.381 e. The molecule has 0 amide bonds. The van der Waals surface area contributed by atoms with Gasteiger partial charge in [0.25, 0.3) is 6.43 Å². The van der Waals surface area contributed by atoms with Crippen LogP contribution in [0.1, 0.15) is 11.8 Å². The van der Waals surface area contributed by atoms with Crippen LogP contribution in [-0.4, -0.2) is 21.3 Å². The topological polar surface area (TPSA) is 38.0 Å². The molecule has 0 bridgehead atoms. The van der Waals surface area contributed by atoms with Crippen molar-refractivity contribution in [3.05, 3.63) is 18.0 Å². The Morgan fingerprint density at radius 3 is 2.64 bits per heavy atom. The maximum Gasteiger partial charge on any atom is 0.269 e. The SMILES string of the molecule is Cn1nccc1C(O)C(F)F. The third-order valence-electron chi connectivity index (χ3n) is 1.40. The molecule has 62 valence electrons. The lowest BCUT2D eigenvalue weighted by Gasteiger charge is -2.08. The van der Waals surface area contributed by atoms with Crippen molar-refractivity contribution in [3.63, 3.8) is 0 Å². The molecular formula is C6H8F2N2O. The summed E-state index contributed by atoms with van der Waals surface area (Å²) in [5.41, 5.74) is 0.125. The lowest BCUT2D eigenvalue weighted by Crippen LogP contribution is -2.12. The van der Waals surface area contributed by atoms with E-state index in [0.717, 1.165) is 0 Å². The summed E-state index contributed by atoms with van der Waals surface area (Å²) >= 11 is 0. The molecule has 0 saturated carbocycles. The number of aliphatic hydroxyl groups excluding tert-OH is 1. The molecule has 0 saturated heterocycles. The van der Waals surface area contributed by atoms with Crippen LogP contribution in [0.2, 0.25) is 0 Å². The van der Waals surface area contributed by atoms with Crippen molar-refractivity contribution < 1.29 is 13.9 Å². The van der Waals surface area contributed by atoms with Gasteiger partial charge in [-0.1, -0.05) is 0 Å². The Kier molecular flexibility index (Phi) is 2.19. The van der Waals surface area contributed by atoms with Crippen molar-refractivity contribution in [2.75, 3.05) is 0 Å². The number of hydrogen-bond donors (Lipinski definition) is 1. The number of hydrogen-bond acceptors (Lipinski definition) is 2. The maximum atomic E-state index is 11.9. The van der Waals surface area contributed by atoms with Gasteiger partial charge < -0.3 is 5.11 Å². The highest BCUT2D eigenvalue weighted by molar-refractivity contribution is 5.04. The van der Waals surface area contributed by atoms with Crippen LogP contribution in [-0.2, 0) is 7.05 Å². The Bertz CT molecular complexity index is 236. The van der Waals surface area contributed by atoms with E-state index in [2.05, 4.69) is 5.10 Å². The standard InChI is InChI=1S/C6H8F2N2O/c1-10-4(2-3-9-10)5(11)6(7)8/h2-3,5-6,11H,1H3. The van der Waals surface area contributed by atoms with E-state index < -0.39 is 12.5 Å². The van der Waals surface area contributed by atoms with Gasteiger partial charge in [0.2, 0.25) is 0 Å². The van der Waals surface area contributed by atoms with Crippen LogP contribution in [0.15, 0.2) is 12.3 Å². The van der Waals surface area contributed by atoms with Crippen molar-refractivity contribution in [1.82, 2.24) is 9.78 Å². The summed E-state index contributed by atoms with van der Waals surface area (Å²) in [5.74, 6) is 0. The summed E-state index contributed by atoms with van der Waals surface area (Å²) in [6, 6.07) is 1.36. The van der Waals surface area contributed by atoms with Crippen LogP contribution in [0.5, 0.6) is 0 Å². The molecule has 1 atom stereocenters. The Balaban J connectivity index is 2.84. The van der Waals surface area contributed by atoms with Gasteiger partial charge in [0.1, 0.15) is 0 Å². The van der Waals surface area contributed by atoms with Crippen LogP contribution in [0.4, 0.5) is 8.78 Å². The molecule has 0 fully saturated rings. The van der Waals surface area contributed by atoms with Gasteiger partial charge in [0, 0.05) is 13.2 Å². The molecule has 1 aromatic heterocycles. The number of alkyl halides is 2. The zero-order valence-corrected chi connectivity index (χ0v) is 5.91. The zero-order valence-electron chi connectivity index (χ0n) is 5.91. The van der Waals surface area contributed by atoms with Gasteiger partial charge in [-0.15, -0.1) is 0 Å². The molecule has 5 heteroatoms. The molecule has 0 aliphatic carbocycles. The fourth-order valence-electron chi connectivity index (χ4n) is 0.803. The van der Waals surface area contributed by atoms with Gasteiger partial charge in [0.15, 0.2) is 6.10 Å². The first-order valence-corrected chi connectivity index (χ1v) is 3.07. The van der Waals surface area contributed by atoms with Crippen LogP contribution >= 0.6 is 0 Å². The van der Waals surface area contributed by atoms with E-state index in [-0.39, 0.29) is 5.69 Å². The molecule has 1 heterocycles. The first-order valence-electron chi connectivity index (χ1n) is 3.07. The van der Waals surface area contributed by atoms with Crippen molar-refractivity contribution in [1.29, 1.82) is 0 Å². The third-order valence-corrected chi connectivity index (χ3v) is 1.40. The lowest BCUT2D eigenvalue weighted by molar-refractivity contribution is -0.0103. The first-order chi connectivity index (χ1) is 5.13. The average Bonchev–Trinajstić information content (AvgIpc) is 2.33. The normalized spacial score (nSPS) is 13.9. The molecule has 1 N–H and O–H groups in total. The van der Waals surface area contributed by atoms with E-state index in [1.165, 1.54) is 24.0 Å². The highest BCUT2D eigenvalue weighted by atomic mass is 19.3. The van der Waals surface area contributed by atoms with Crippen molar-refractivity contribution in [2.45, 2.75) is 12.5 Å². The fourth-order valence-corrected chi connectivity index (χ4v) is 0.803. The fraction of sp³-hybridized carbons (Fsp3) is 0.500. The zero-order chi connectivity index (χ0) is 8.43. The van der Waals surface area contributed by atoms with Gasteiger partial charge in [-0.2, -0.15) is 5.10 Å². The van der Waals surface area contributed by atoms with E-state index in [0.29, 0.717) is 0 Å². The van der Waals surface area contributed by atoms with Gasteiger partial charge in [-0.25, -0.2) is 8.78 Å². The molecule has 0 aromatic carbocycles. The minimum atomic E-state index is -2.76. The Morgan fingerprint density at radius 2 is 2.27 bits per heavy atom. The predicted octanol–water partition coefficient (Wildman–Crippen LogP) is 0.719. The van der Waals surface area contributed by atoms with E-state index in [1.54, 1.807) is 0 Å². The summed E-state index contributed by atoms with van der Waals surface area (Å²) in [4.78, 5) is 0. The number of aliphatic hydroxyl groups is 1. The van der Waals surface area contributed by atoms with E-state index >= 15 is 0 Å². The predicted molar refractivity (Wildman–Crippen MR) is 34.2 cm³/mol. The van der Waals surface area contributed by atoms with E-state index in [1.807, 2.05) is 0 Å². The average molecular weight is 162 g/mol. The van der Waals surface area contributed by atoms with Crippen LogP contribution < -0.4 is 0 Å². The van der Waals surface area contributed by atoms with Crippen molar-refractivity contribution in [3.8, 4) is 0 Å². The molecule has 0 spiro atoms. The number of aromatic nitrogens is 2. The number of aryl methyl sites for hydroxylation is 1. The Hall–Kier alpha value is -0.970. The highest BCUT2D eigenvalue weighted by Gasteiger charge is 2.21. The van der Waals surface area contributed by atoms with E-state index in [4.69, 9.17) is 5.11 Å². The van der Waals surface area contributed by atoms with Crippen LogP contribution in [0.3, 0.4) is 0 Å². The quantitative estimate of drug-likeness (QED) is 0.695. The summed E-state index contributed by atoms with van der Waals surface area (Å²) in [5, 5.41) is 12.5. The smallest absolute Gasteiger partial charge is 0.269 e. The van der Waals surface area contributed by atoms with E-state index in [9.17, 15) is 8.78 Å². The van der Waals surface area contributed by atoms with Gasteiger partial charge >= 0.3 is 0 Å². The molecule has 1 rings (SSSR count). The van der Waals surface area contributed by atoms with Crippen molar-refractivity contribution in [2.24, 2.45) is 7.05 Å². The summed E-state index contributed by atoms with van der Waals surface area (Å²) in [7, 11) is 1.50. The van der Waals surface area contributed by atoms with Gasteiger partial charge in [-0.3, -0.25) is 4.68 Å². The second kappa shape index (κ2) is 2.96. The second-order valence-corrected chi connectivity index (χ2v) is 2.16. The number of nitrogens with zero attached hydrogens (tertiary/aromatic N) is 2. The second-order valence-electron chi connectivity index (χ2n) is 2.16. The van der Waals surface area contributed by atoms with Crippen LogP contribution in [0, 0.1) is 0 Å². The van der Waals surface area contributed by atoms with Crippen LogP contribution in [0.25, 0.3) is 0 Å². The third kappa shape index (κ3) is 1.54. The maximum absolute atomic E-state index is 11.9. The monoisotopic (exact) mass is 162 g/mol. The highest BCUT2D eigenvalue weighted by Crippen LogP contribution is 2.18.